The molecule has 5 nitrogen and oxygen atoms in total. The van der Waals surface area contributed by atoms with Gasteiger partial charge in [-0.2, -0.15) is 0 Å². The van der Waals surface area contributed by atoms with E-state index in [9.17, 15) is 4.79 Å². The number of carbonyl (C=O) groups is 1. The molecule has 0 saturated carbocycles. The molecule has 0 radical (unpaired) electrons. The molecular formula is C14H27N3O2. The molecule has 2 aliphatic heterocycles. The highest BCUT2D eigenvalue weighted by Crippen LogP contribution is 2.19. The molecule has 2 heterocycles. The van der Waals surface area contributed by atoms with Crippen LogP contribution < -0.4 is 10.6 Å². The van der Waals surface area contributed by atoms with E-state index < -0.39 is 0 Å². The molecule has 0 atom stereocenters. The Kier molecular flexibility index (Phi) is 6.61. The third-order valence-electron chi connectivity index (χ3n) is 4.08. The average molecular weight is 269 g/mol. The van der Waals surface area contributed by atoms with E-state index in [1.54, 1.807) is 0 Å². The molecule has 110 valence electrons. The van der Waals surface area contributed by atoms with Crippen molar-refractivity contribution < 1.29 is 9.53 Å². The minimum absolute atomic E-state index is 0.210. The Balaban J connectivity index is 1.49. The maximum Gasteiger partial charge on any atom is 0.220 e. The Morgan fingerprint density at radius 2 is 2.00 bits per heavy atom. The van der Waals surface area contributed by atoms with E-state index in [0.717, 1.165) is 71.7 Å². The van der Waals surface area contributed by atoms with Gasteiger partial charge in [0.2, 0.25) is 5.91 Å². The standard InChI is InChI=1S/C14H27N3O2/c18-14(2-1-13-3-11-19-12-4-13)16-7-10-17-8-5-15-6-9-17/h13,15H,1-12H2,(H,16,18). The maximum absolute atomic E-state index is 11.8. The van der Waals surface area contributed by atoms with Gasteiger partial charge in [0.1, 0.15) is 0 Å². The number of hydrogen-bond donors (Lipinski definition) is 2. The Morgan fingerprint density at radius 3 is 2.74 bits per heavy atom. The highest BCUT2D eigenvalue weighted by atomic mass is 16.5. The molecular weight excluding hydrogens is 242 g/mol. The van der Waals surface area contributed by atoms with E-state index in [1.165, 1.54) is 0 Å². The first-order valence-electron chi connectivity index (χ1n) is 7.62. The molecule has 0 spiro atoms. The quantitative estimate of drug-likeness (QED) is 0.724. The van der Waals surface area contributed by atoms with Crippen LogP contribution in [0.5, 0.6) is 0 Å². The molecule has 2 N–H and O–H groups in total. The lowest BCUT2D eigenvalue weighted by atomic mass is 9.95. The number of nitrogens with zero attached hydrogens (tertiary/aromatic N) is 1. The maximum atomic E-state index is 11.8. The van der Waals surface area contributed by atoms with E-state index in [2.05, 4.69) is 15.5 Å². The lowest BCUT2D eigenvalue weighted by Crippen LogP contribution is -2.46. The fourth-order valence-electron chi connectivity index (χ4n) is 2.75. The lowest BCUT2D eigenvalue weighted by Gasteiger charge is -2.27. The summed E-state index contributed by atoms with van der Waals surface area (Å²) in [6.45, 7) is 7.83. The monoisotopic (exact) mass is 269 g/mol. The smallest absolute Gasteiger partial charge is 0.220 e. The highest BCUT2D eigenvalue weighted by molar-refractivity contribution is 5.75. The number of piperazine rings is 1. The van der Waals surface area contributed by atoms with Crippen LogP contribution in [-0.4, -0.2) is 63.3 Å². The van der Waals surface area contributed by atoms with Crippen molar-refractivity contribution in [2.75, 3.05) is 52.5 Å². The molecule has 0 aromatic rings. The highest BCUT2D eigenvalue weighted by Gasteiger charge is 2.15. The van der Waals surface area contributed by atoms with Gasteiger partial charge in [0.15, 0.2) is 0 Å². The number of amides is 1. The van der Waals surface area contributed by atoms with E-state index >= 15 is 0 Å². The molecule has 0 aliphatic carbocycles. The third-order valence-corrected chi connectivity index (χ3v) is 4.08. The molecule has 0 unspecified atom stereocenters. The van der Waals surface area contributed by atoms with Gasteiger partial charge in [-0.25, -0.2) is 0 Å². The second kappa shape index (κ2) is 8.51. The van der Waals surface area contributed by atoms with Gasteiger partial charge in [0.05, 0.1) is 0 Å². The second-order valence-corrected chi connectivity index (χ2v) is 5.54. The summed E-state index contributed by atoms with van der Waals surface area (Å²) in [4.78, 5) is 14.2. The van der Waals surface area contributed by atoms with Crippen molar-refractivity contribution in [1.29, 1.82) is 0 Å². The first kappa shape index (κ1) is 14.8. The summed E-state index contributed by atoms with van der Waals surface area (Å²) in [6, 6.07) is 0. The van der Waals surface area contributed by atoms with Crippen molar-refractivity contribution in [1.82, 2.24) is 15.5 Å². The summed E-state index contributed by atoms with van der Waals surface area (Å²) in [5, 5.41) is 6.37. The molecule has 2 rings (SSSR count). The number of nitrogens with one attached hydrogen (secondary N) is 2. The zero-order valence-electron chi connectivity index (χ0n) is 11.8. The van der Waals surface area contributed by atoms with E-state index in [4.69, 9.17) is 4.74 Å². The molecule has 19 heavy (non-hydrogen) atoms. The summed E-state index contributed by atoms with van der Waals surface area (Å²) in [6.07, 6.45) is 3.93. The lowest BCUT2D eigenvalue weighted by molar-refractivity contribution is -0.121. The fourth-order valence-corrected chi connectivity index (χ4v) is 2.75. The fraction of sp³-hybridized carbons (Fsp3) is 0.929. The molecule has 0 aromatic heterocycles. The third kappa shape index (κ3) is 5.89. The molecule has 5 heteroatoms. The number of ether oxygens (including phenoxy) is 1. The van der Waals surface area contributed by atoms with Gasteiger partial charge in [-0.3, -0.25) is 9.69 Å². The molecule has 0 aromatic carbocycles. The first-order chi connectivity index (χ1) is 9.34. The second-order valence-electron chi connectivity index (χ2n) is 5.54. The van der Waals surface area contributed by atoms with Gasteiger partial charge >= 0.3 is 0 Å². The predicted octanol–water partition coefficient (Wildman–Crippen LogP) is 0.215. The number of carbonyl (C=O) groups excluding carboxylic acids is 1. The van der Waals surface area contributed by atoms with Crippen LogP contribution in [-0.2, 0) is 9.53 Å². The molecule has 2 saturated heterocycles. The van der Waals surface area contributed by atoms with Crippen molar-refractivity contribution in [3.63, 3.8) is 0 Å². The topological polar surface area (TPSA) is 53.6 Å². The van der Waals surface area contributed by atoms with Gasteiger partial charge in [-0.05, 0) is 25.2 Å². The summed E-state index contributed by atoms with van der Waals surface area (Å²) < 4.78 is 5.33. The number of hydrogen-bond acceptors (Lipinski definition) is 4. The Morgan fingerprint density at radius 1 is 1.26 bits per heavy atom. The number of rotatable bonds is 6. The van der Waals surface area contributed by atoms with Crippen LogP contribution in [0.1, 0.15) is 25.7 Å². The zero-order chi connectivity index (χ0) is 13.3. The molecule has 1 amide bonds. The molecule has 2 fully saturated rings. The van der Waals surface area contributed by atoms with E-state index in [1.807, 2.05) is 0 Å². The Labute approximate surface area is 116 Å². The average Bonchev–Trinajstić information content (AvgIpc) is 2.47. The van der Waals surface area contributed by atoms with Crippen molar-refractivity contribution in [3.05, 3.63) is 0 Å². The Bertz CT molecular complexity index is 261. The predicted molar refractivity (Wildman–Crippen MR) is 75.1 cm³/mol. The van der Waals surface area contributed by atoms with Crippen LogP contribution in [0, 0.1) is 5.92 Å². The van der Waals surface area contributed by atoms with Crippen LogP contribution in [0.25, 0.3) is 0 Å². The normalized spacial score (nSPS) is 22.3. The minimum Gasteiger partial charge on any atom is -0.381 e. The summed E-state index contributed by atoms with van der Waals surface area (Å²) >= 11 is 0. The van der Waals surface area contributed by atoms with Crippen LogP contribution in [0.15, 0.2) is 0 Å². The summed E-state index contributed by atoms with van der Waals surface area (Å²) in [5.74, 6) is 0.897. The SMILES string of the molecule is O=C(CCC1CCOCC1)NCCN1CCNCC1. The van der Waals surface area contributed by atoms with Gasteiger partial charge in [0.25, 0.3) is 0 Å². The van der Waals surface area contributed by atoms with Crippen LogP contribution >= 0.6 is 0 Å². The van der Waals surface area contributed by atoms with Crippen LogP contribution in [0.4, 0.5) is 0 Å². The molecule has 0 bridgehead atoms. The Hall–Kier alpha value is -0.650. The first-order valence-corrected chi connectivity index (χ1v) is 7.62. The van der Waals surface area contributed by atoms with Gasteiger partial charge in [-0.1, -0.05) is 0 Å². The van der Waals surface area contributed by atoms with Crippen LogP contribution in [0.3, 0.4) is 0 Å². The molecule has 2 aliphatic rings. The summed E-state index contributed by atoms with van der Waals surface area (Å²) in [7, 11) is 0. The summed E-state index contributed by atoms with van der Waals surface area (Å²) in [5.41, 5.74) is 0. The van der Waals surface area contributed by atoms with E-state index in [0.29, 0.717) is 12.3 Å². The van der Waals surface area contributed by atoms with Crippen LogP contribution in [0.2, 0.25) is 0 Å². The largest absolute Gasteiger partial charge is 0.381 e. The van der Waals surface area contributed by atoms with Crippen molar-refractivity contribution in [3.8, 4) is 0 Å². The van der Waals surface area contributed by atoms with Gasteiger partial charge < -0.3 is 15.4 Å². The van der Waals surface area contributed by atoms with Crippen molar-refractivity contribution in [2.45, 2.75) is 25.7 Å². The zero-order valence-corrected chi connectivity index (χ0v) is 11.8. The minimum atomic E-state index is 0.210. The van der Waals surface area contributed by atoms with Gasteiger partial charge in [-0.15, -0.1) is 0 Å². The van der Waals surface area contributed by atoms with Crippen molar-refractivity contribution >= 4 is 5.91 Å². The van der Waals surface area contributed by atoms with Crippen molar-refractivity contribution in [2.24, 2.45) is 5.92 Å². The van der Waals surface area contributed by atoms with Gasteiger partial charge in [0, 0.05) is 58.9 Å². The van der Waals surface area contributed by atoms with E-state index in [-0.39, 0.29) is 5.91 Å².